The standard InChI is InChI=1S/C17H34/c1-7-14(3)12-17(11-9-10-15(17)4)13-16(5,6)8-2/h14-15H,7-13H2,1-6H3. The van der Waals surface area contributed by atoms with Crippen molar-refractivity contribution in [1.29, 1.82) is 0 Å². The van der Waals surface area contributed by atoms with E-state index < -0.39 is 0 Å². The summed E-state index contributed by atoms with van der Waals surface area (Å²) in [7, 11) is 0. The predicted octanol–water partition coefficient (Wildman–Crippen LogP) is 6.06. The topological polar surface area (TPSA) is 0 Å². The van der Waals surface area contributed by atoms with Gasteiger partial charge >= 0.3 is 0 Å². The van der Waals surface area contributed by atoms with Gasteiger partial charge < -0.3 is 0 Å². The summed E-state index contributed by atoms with van der Waals surface area (Å²) in [4.78, 5) is 0. The lowest BCUT2D eigenvalue weighted by molar-refractivity contribution is 0.0831. The zero-order valence-corrected chi connectivity index (χ0v) is 13.1. The van der Waals surface area contributed by atoms with E-state index in [-0.39, 0.29) is 0 Å². The van der Waals surface area contributed by atoms with Gasteiger partial charge in [-0.3, -0.25) is 0 Å². The molecule has 1 aliphatic rings. The molecular formula is C17H34. The third-order valence-corrected chi connectivity index (χ3v) is 5.60. The zero-order valence-electron chi connectivity index (χ0n) is 13.1. The average molecular weight is 238 g/mol. The molecule has 0 heteroatoms. The minimum atomic E-state index is 0.534. The highest BCUT2D eigenvalue weighted by Gasteiger charge is 2.43. The molecule has 0 heterocycles. The summed E-state index contributed by atoms with van der Waals surface area (Å²) in [6.45, 7) is 14.6. The van der Waals surface area contributed by atoms with E-state index in [1.165, 1.54) is 44.9 Å². The van der Waals surface area contributed by atoms with E-state index in [4.69, 9.17) is 0 Å². The highest BCUT2D eigenvalue weighted by molar-refractivity contribution is 4.94. The molecule has 0 spiro atoms. The maximum atomic E-state index is 2.52. The molecule has 0 aliphatic heterocycles. The fourth-order valence-corrected chi connectivity index (χ4v) is 3.87. The first kappa shape index (κ1) is 15.1. The van der Waals surface area contributed by atoms with Crippen LogP contribution in [0.2, 0.25) is 0 Å². The Bertz CT molecular complexity index is 228. The first-order valence-electron chi connectivity index (χ1n) is 7.85. The lowest BCUT2D eigenvalue weighted by Crippen LogP contribution is -2.32. The van der Waals surface area contributed by atoms with Crippen LogP contribution in [0.3, 0.4) is 0 Å². The smallest absolute Gasteiger partial charge is 0.0264 e. The van der Waals surface area contributed by atoms with Crippen LogP contribution in [0.1, 0.15) is 86.5 Å². The van der Waals surface area contributed by atoms with E-state index in [1.54, 1.807) is 0 Å². The van der Waals surface area contributed by atoms with Gasteiger partial charge in [0.1, 0.15) is 0 Å². The monoisotopic (exact) mass is 238 g/mol. The predicted molar refractivity (Wildman–Crippen MR) is 78.2 cm³/mol. The molecule has 0 nitrogen and oxygen atoms in total. The number of rotatable bonds is 6. The summed E-state index contributed by atoms with van der Waals surface area (Å²) in [6, 6.07) is 0. The summed E-state index contributed by atoms with van der Waals surface area (Å²) in [6.07, 6.45) is 10.0. The van der Waals surface area contributed by atoms with Gasteiger partial charge in [0, 0.05) is 0 Å². The second-order valence-corrected chi connectivity index (χ2v) is 7.57. The van der Waals surface area contributed by atoms with Gasteiger partial charge in [-0.2, -0.15) is 0 Å². The minimum Gasteiger partial charge on any atom is -0.0651 e. The fourth-order valence-electron chi connectivity index (χ4n) is 3.87. The summed E-state index contributed by atoms with van der Waals surface area (Å²) in [5.41, 5.74) is 1.20. The molecule has 0 aromatic rings. The molecule has 0 amide bonds. The van der Waals surface area contributed by atoms with Gasteiger partial charge in [0.25, 0.3) is 0 Å². The molecule has 0 saturated heterocycles. The molecule has 0 aromatic heterocycles. The summed E-state index contributed by atoms with van der Waals surface area (Å²) < 4.78 is 0. The first-order chi connectivity index (χ1) is 7.85. The Hall–Kier alpha value is 0. The maximum Gasteiger partial charge on any atom is -0.0264 e. The van der Waals surface area contributed by atoms with Crippen LogP contribution in [-0.2, 0) is 0 Å². The maximum absolute atomic E-state index is 2.52. The van der Waals surface area contributed by atoms with Crippen molar-refractivity contribution in [2.24, 2.45) is 22.7 Å². The Morgan fingerprint density at radius 1 is 1.29 bits per heavy atom. The van der Waals surface area contributed by atoms with Gasteiger partial charge in [-0.25, -0.2) is 0 Å². The zero-order chi connectivity index (χ0) is 13.1. The molecule has 1 aliphatic carbocycles. The van der Waals surface area contributed by atoms with Gasteiger partial charge in [-0.05, 0) is 41.9 Å². The van der Waals surface area contributed by atoms with E-state index in [2.05, 4.69) is 41.5 Å². The number of hydrogen-bond acceptors (Lipinski definition) is 0. The van der Waals surface area contributed by atoms with Gasteiger partial charge in [-0.1, -0.05) is 67.2 Å². The molecule has 3 atom stereocenters. The quantitative estimate of drug-likeness (QED) is 0.528. The molecule has 1 rings (SSSR count). The van der Waals surface area contributed by atoms with Gasteiger partial charge in [0.2, 0.25) is 0 Å². The van der Waals surface area contributed by atoms with Crippen LogP contribution in [-0.4, -0.2) is 0 Å². The lowest BCUT2D eigenvalue weighted by Gasteiger charge is -2.42. The van der Waals surface area contributed by atoms with E-state index in [1.807, 2.05) is 0 Å². The normalized spacial score (nSPS) is 31.8. The molecule has 0 radical (unpaired) electrons. The van der Waals surface area contributed by atoms with E-state index >= 15 is 0 Å². The Balaban J connectivity index is 2.79. The number of hydrogen-bond donors (Lipinski definition) is 0. The molecule has 17 heavy (non-hydrogen) atoms. The van der Waals surface area contributed by atoms with Gasteiger partial charge in [-0.15, -0.1) is 0 Å². The molecule has 0 bridgehead atoms. The van der Waals surface area contributed by atoms with Crippen molar-refractivity contribution in [2.75, 3.05) is 0 Å². The van der Waals surface area contributed by atoms with Crippen LogP contribution in [0.4, 0.5) is 0 Å². The summed E-state index contributed by atoms with van der Waals surface area (Å²) in [5, 5.41) is 0. The lowest BCUT2D eigenvalue weighted by atomic mass is 9.63. The molecule has 1 fully saturated rings. The van der Waals surface area contributed by atoms with Gasteiger partial charge in [0.05, 0.1) is 0 Å². The molecule has 0 N–H and O–H groups in total. The highest BCUT2D eigenvalue weighted by Crippen LogP contribution is 2.54. The Morgan fingerprint density at radius 2 is 1.94 bits per heavy atom. The van der Waals surface area contributed by atoms with Crippen molar-refractivity contribution in [3.05, 3.63) is 0 Å². The van der Waals surface area contributed by atoms with Crippen molar-refractivity contribution >= 4 is 0 Å². The van der Waals surface area contributed by atoms with Crippen LogP contribution in [0.15, 0.2) is 0 Å². The Labute approximate surface area is 110 Å². The fraction of sp³-hybridized carbons (Fsp3) is 1.00. The first-order valence-corrected chi connectivity index (χ1v) is 7.85. The molecule has 0 aromatic carbocycles. The summed E-state index contributed by atoms with van der Waals surface area (Å²) >= 11 is 0. The van der Waals surface area contributed by atoms with E-state index in [0.717, 1.165) is 11.8 Å². The van der Waals surface area contributed by atoms with Crippen LogP contribution >= 0.6 is 0 Å². The Morgan fingerprint density at radius 3 is 2.35 bits per heavy atom. The van der Waals surface area contributed by atoms with Crippen molar-refractivity contribution in [3.63, 3.8) is 0 Å². The van der Waals surface area contributed by atoms with E-state index in [9.17, 15) is 0 Å². The Kier molecular flexibility index (Phi) is 5.10. The van der Waals surface area contributed by atoms with Crippen LogP contribution in [0.25, 0.3) is 0 Å². The largest absolute Gasteiger partial charge is 0.0651 e. The third-order valence-electron chi connectivity index (χ3n) is 5.60. The minimum absolute atomic E-state index is 0.534. The van der Waals surface area contributed by atoms with Crippen LogP contribution in [0, 0.1) is 22.7 Å². The van der Waals surface area contributed by atoms with Crippen molar-refractivity contribution in [2.45, 2.75) is 86.5 Å². The SMILES string of the molecule is CCC(C)CC1(CC(C)(C)CC)CCCC1C. The second-order valence-electron chi connectivity index (χ2n) is 7.57. The molecular weight excluding hydrogens is 204 g/mol. The molecule has 102 valence electrons. The molecule has 1 saturated carbocycles. The van der Waals surface area contributed by atoms with Crippen molar-refractivity contribution in [1.82, 2.24) is 0 Å². The van der Waals surface area contributed by atoms with E-state index in [0.29, 0.717) is 10.8 Å². The molecule has 3 unspecified atom stereocenters. The average Bonchev–Trinajstić information content (AvgIpc) is 2.59. The summed E-state index contributed by atoms with van der Waals surface area (Å²) in [5.74, 6) is 1.85. The van der Waals surface area contributed by atoms with Crippen LogP contribution in [0.5, 0.6) is 0 Å². The second kappa shape index (κ2) is 5.76. The van der Waals surface area contributed by atoms with Crippen LogP contribution < -0.4 is 0 Å². The van der Waals surface area contributed by atoms with Crippen molar-refractivity contribution in [3.8, 4) is 0 Å². The van der Waals surface area contributed by atoms with Crippen molar-refractivity contribution < 1.29 is 0 Å². The third kappa shape index (κ3) is 3.73. The highest BCUT2D eigenvalue weighted by atomic mass is 14.5. The van der Waals surface area contributed by atoms with Gasteiger partial charge in [0.15, 0.2) is 0 Å².